The number of hydrogen-bond acceptors (Lipinski definition) is 2. The first-order valence-electron chi connectivity index (χ1n) is 3.80. The largest absolute Gasteiger partial charge is 0.449 e. The summed E-state index contributed by atoms with van der Waals surface area (Å²) in [4.78, 5) is 10.8. The average Bonchev–Trinajstić information content (AvgIpc) is 1.80. The van der Waals surface area contributed by atoms with Crippen molar-refractivity contribution < 1.29 is 9.53 Å². The maximum absolute atomic E-state index is 10.8. The maximum atomic E-state index is 10.8. The second kappa shape index (κ2) is 2.13. The number of alkyl carbamates (subject to hydrolysis) is 1. The SMILES string of the molecule is CC1(C)COC(=O)NC1(C)C. The highest BCUT2D eigenvalue weighted by Crippen LogP contribution is 2.33. The standard InChI is InChI=1S/C8H15NO2/c1-7(2)5-11-6(10)9-8(7,3)4/h5H2,1-4H3,(H,9,10). The molecule has 0 bridgehead atoms. The van der Waals surface area contributed by atoms with Crippen molar-refractivity contribution in [1.29, 1.82) is 0 Å². The van der Waals surface area contributed by atoms with Crippen molar-refractivity contribution in [1.82, 2.24) is 5.32 Å². The van der Waals surface area contributed by atoms with Gasteiger partial charge in [0, 0.05) is 11.0 Å². The number of hydrogen-bond donors (Lipinski definition) is 1. The summed E-state index contributed by atoms with van der Waals surface area (Å²) in [5.41, 5.74) is -0.177. The monoisotopic (exact) mass is 157 g/mol. The summed E-state index contributed by atoms with van der Waals surface area (Å²) in [5.74, 6) is 0. The van der Waals surface area contributed by atoms with E-state index in [1.54, 1.807) is 0 Å². The molecule has 0 saturated carbocycles. The molecule has 1 amide bonds. The fourth-order valence-electron chi connectivity index (χ4n) is 0.887. The molecule has 1 N–H and O–H groups in total. The lowest BCUT2D eigenvalue weighted by Gasteiger charge is -2.44. The molecule has 1 fully saturated rings. The van der Waals surface area contributed by atoms with E-state index in [1.165, 1.54) is 0 Å². The van der Waals surface area contributed by atoms with Gasteiger partial charge < -0.3 is 10.1 Å². The van der Waals surface area contributed by atoms with E-state index in [1.807, 2.05) is 13.8 Å². The first-order valence-corrected chi connectivity index (χ1v) is 3.80. The molecule has 1 rings (SSSR count). The van der Waals surface area contributed by atoms with Gasteiger partial charge in [-0.15, -0.1) is 0 Å². The number of carbonyl (C=O) groups excluding carboxylic acids is 1. The van der Waals surface area contributed by atoms with Gasteiger partial charge in [-0.2, -0.15) is 0 Å². The molecule has 0 aromatic carbocycles. The van der Waals surface area contributed by atoms with Crippen LogP contribution < -0.4 is 5.32 Å². The number of amides is 1. The van der Waals surface area contributed by atoms with Gasteiger partial charge in [-0.05, 0) is 13.8 Å². The predicted molar refractivity (Wildman–Crippen MR) is 42.3 cm³/mol. The molecule has 0 spiro atoms. The van der Waals surface area contributed by atoms with Crippen LogP contribution in [-0.4, -0.2) is 18.2 Å². The molecule has 11 heavy (non-hydrogen) atoms. The molecule has 0 radical (unpaired) electrons. The Morgan fingerprint density at radius 3 is 2.27 bits per heavy atom. The van der Waals surface area contributed by atoms with Crippen LogP contribution >= 0.6 is 0 Å². The molecule has 1 heterocycles. The minimum atomic E-state index is -0.311. The zero-order chi connectivity index (χ0) is 8.70. The predicted octanol–water partition coefficient (Wildman–Crippen LogP) is 1.53. The van der Waals surface area contributed by atoms with Crippen molar-refractivity contribution in [2.45, 2.75) is 33.2 Å². The first kappa shape index (κ1) is 8.37. The van der Waals surface area contributed by atoms with Crippen LogP contribution in [0.1, 0.15) is 27.7 Å². The Labute approximate surface area is 67.1 Å². The summed E-state index contributed by atoms with van der Waals surface area (Å²) in [6, 6.07) is 0. The van der Waals surface area contributed by atoms with Crippen LogP contribution in [0.3, 0.4) is 0 Å². The summed E-state index contributed by atoms with van der Waals surface area (Å²) in [6.07, 6.45) is -0.311. The number of nitrogens with one attached hydrogen (secondary N) is 1. The van der Waals surface area contributed by atoms with Gasteiger partial charge in [0.25, 0.3) is 0 Å². The highest BCUT2D eigenvalue weighted by molar-refractivity contribution is 5.69. The summed E-state index contributed by atoms with van der Waals surface area (Å²) < 4.78 is 4.88. The maximum Gasteiger partial charge on any atom is 0.407 e. The van der Waals surface area contributed by atoms with E-state index in [9.17, 15) is 4.79 Å². The Hall–Kier alpha value is -0.730. The Bertz CT molecular complexity index is 185. The second-order valence-electron chi connectivity index (χ2n) is 4.21. The highest BCUT2D eigenvalue weighted by Gasteiger charge is 2.43. The molecular formula is C8H15NO2. The van der Waals surface area contributed by atoms with Crippen molar-refractivity contribution in [3.8, 4) is 0 Å². The third kappa shape index (κ3) is 1.32. The van der Waals surface area contributed by atoms with Crippen LogP contribution in [0, 0.1) is 5.41 Å². The van der Waals surface area contributed by atoms with Gasteiger partial charge >= 0.3 is 6.09 Å². The van der Waals surface area contributed by atoms with Crippen molar-refractivity contribution in [2.75, 3.05) is 6.61 Å². The van der Waals surface area contributed by atoms with Gasteiger partial charge in [0.15, 0.2) is 0 Å². The normalized spacial score (nSPS) is 27.1. The van der Waals surface area contributed by atoms with Crippen LogP contribution in [-0.2, 0) is 4.74 Å². The van der Waals surface area contributed by atoms with E-state index < -0.39 is 0 Å². The van der Waals surface area contributed by atoms with Crippen molar-refractivity contribution in [3.05, 3.63) is 0 Å². The van der Waals surface area contributed by atoms with E-state index in [0.717, 1.165) is 0 Å². The summed E-state index contributed by atoms with van der Waals surface area (Å²) in [6.45, 7) is 8.66. The smallest absolute Gasteiger partial charge is 0.407 e. The number of ether oxygens (including phenoxy) is 1. The topological polar surface area (TPSA) is 38.3 Å². The van der Waals surface area contributed by atoms with Crippen LogP contribution in [0.25, 0.3) is 0 Å². The van der Waals surface area contributed by atoms with E-state index in [4.69, 9.17) is 4.74 Å². The highest BCUT2D eigenvalue weighted by atomic mass is 16.6. The van der Waals surface area contributed by atoms with E-state index in [0.29, 0.717) is 6.61 Å². The second-order valence-corrected chi connectivity index (χ2v) is 4.21. The Morgan fingerprint density at radius 1 is 1.36 bits per heavy atom. The van der Waals surface area contributed by atoms with E-state index >= 15 is 0 Å². The molecule has 3 heteroatoms. The number of rotatable bonds is 0. The van der Waals surface area contributed by atoms with Gasteiger partial charge in [-0.25, -0.2) is 4.79 Å². The lowest BCUT2D eigenvalue weighted by Crippen LogP contribution is -2.60. The molecule has 1 aliphatic heterocycles. The number of cyclic esters (lactones) is 1. The Morgan fingerprint density at radius 2 is 1.91 bits per heavy atom. The lowest BCUT2D eigenvalue weighted by molar-refractivity contribution is 0.00571. The fraction of sp³-hybridized carbons (Fsp3) is 0.875. The minimum Gasteiger partial charge on any atom is -0.449 e. The van der Waals surface area contributed by atoms with Gasteiger partial charge in [-0.3, -0.25) is 0 Å². The molecule has 1 aliphatic rings. The molecule has 3 nitrogen and oxygen atoms in total. The summed E-state index contributed by atoms with van der Waals surface area (Å²) in [7, 11) is 0. The van der Waals surface area contributed by atoms with Crippen LogP contribution in [0.15, 0.2) is 0 Å². The van der Waals surface area contributed by atoms with Gasteiger partial charge in [0.1, 0.15) is 6.61 Å². The summed E-state index contributed by atoms with van der Waals surface area (Å²) >= 11 is 0. The van der Waals surface area contributed by atoms with Crippen LogP contribution in [0.2, 0.25) is 0 Å². The van der Waals surface area contributed by atoms with Crippen molar-refractivity contribution in [2.24, 2.45) is 5.41 Å². The molecule has 0 unspecified atom stereocenters. The van der Waals surface area contributed by atoms with E-state index in [-0.39, 0.29) is 17.0 Å². The average molecular weight is 157 g/mol. The molecular weight excluding hydrogens is 142 g/mol. The van der Waals surface area contributed by atoms with Crippen molar-refractivity contribution >= 4 is 6.09 Å². The molecule has 0 aromatic heterocycles. The van der Waals surface area contributed by atoms with Gasteiger partial charge in [0.05, 0.1) is 0 Å². The first-order chi connectivity index (χ1) is 4.85. The molecule has 1 saturated heterocycles. The van der Waals surface area contributed by atoms with Gasteiger partial charge in [-0.1, -0.05) is 13.8 Å². The zero-order valence-corrected chi connectivity index (χ0v) is 7.52. The molecule has 0 atom stereocenters. The molecule has 64 valence electrons. The Balaban J connectivity index is 2.80. The zero-order valence-electron chi connectivity index (χ0n) is 7.52. The third-order valence-electron chi connectivity index (χ3n) is 2.67. The van der Waals surface area contributed by atoms with Gasteiger partial charge in [0.2, 0.25) is 0 Å². The quantitative estimate of drug-likeness (QED) is 0.579. The fourth-order valence-corrected chi connectivity index (χ4v) is 0.887. The third-order valence-corrected chi connectivity index (χ3v) is 2.67. The summed E-state index contributed by atoms with van der Waals surface area (Å²) in [5, 5.41) is 2.78. The van der Waals surface area contributed by atoms with E-state index in [2.05, 4.69) is 19.2 Å². The lowest BCUT2D eigenvalue weighted by atomic mass is 9.74. The van der Waals surface area contributed by atoms with Crippen LogP contribution in [0.4, 0.5) is 4.79 Å². The minimum absolute atomic E-state index is 0.000903. The molecule has 0 aromatic rings. The molecule has 0 aliphatic carbocycles. The number of carbonyl (C=O) groups is 1. The Kier molecular flexibility index (Phi) is 1.62. The van der Waals surface area contributed by atoms with Crippen LogP contribution in [0.5, 0.6) is 0 Å². The van der Waals surface area contributed by atoms with Crippen molar-refractivity contribution in [3.63, 3.8) is 0 Å².